The van der Waals surface area contributed by atoms with Crippen LogP contribution in [0.4, 0.5) is 0 Å². The Morgan fingerprint density at radius 2 is 1.46 bits per heavy atom. The normalized spacial score (nSPS) is 10.9. The van der Waals surface area contributed by atoms with E-state index in [4.69, 9.17) is 22.6 Å². The van der Waals surface area contributed by atoms with Gasteiger partial charge < -0.3 is 18.7 Å². The number of rotatable bonds is 2. The molecule has 0 radical (unpaired) electrons. The summed E-state index contributed by atoms with van der Waals surface area (Å²) in [5, 5.41) is 8.39. The molecule has 0 bridgehead atoms. The van der Waals surface area contributed by atoms with Crippen LogP contribution in [-0.4, -0.2) is 61.4 Å². The molecule has 0 aromatic rings. The molecule has 0 saturated carbocycles. The fraction of sp³-hybridized carbons (Fsp3) is 1.00. The van der Waals surface area contributed by atoms with Crippen molar-refractivity contribution in [3.05, 3.63) is 0 Å². The van der Waals surface area contributed by atoms with Gasteiger partial charge in [-0.15, -0.1) is 0 Å². The SMILES string of the molecule is C[N+](C)(C)CCO.O=S(=O)([O-])[O-].[Fe]. The monoisotopic (exact) mass is 256 g/mol. The second kappa shape index (κ2) is 7.69. The molecule has 0 aromatic heterocycles. The summed E-state index contributed by atoms with van der Waals surface area (Å²) >= 11 is 0. The van der Waals surface area contributed by atoms with Crippen molar-refractivity contribution in [2.45, 2.75) is 0 Å². The minimum absolute atomic E-state index is 0. The molecular formula is C5H14FeNO5S-. The van der Waals surface area contributed by atoms with Crippen LogP contribution in [-0.2, 0) is 27.5 Å². The number of aliphatic hydroxyl groups is 1. The van der Waals surface area contributed by atoms with Crippen molar-refractivity contribution in [3.63, 3.8) is 0 Å². The van der Waals surface area contributed by atoms with Gasteiger partial charge in [0.2, 0.25) is 0 Å². The van der Waals surface area contributed by atoms with Gasteiger partial charge in [-0.1, -0.05) is 0 Å². The van der Waals surface area contributed by atoms with Gasteiger partial charge in [-0.3, -0.25) is 8.42 Å². The van der Waals surface area contributed by atoms with Crippen LogP contribution in [0, 0.1) is 0 Å². The van der Waals surface area contributed by atoms with Gasteiger partial charge >= 0.3 is 0 Å². The van der Waals surface area contributed by atoms with Gasteiger partial charge in [0.05, 0.1) is 27.7 Å². The molecule has 0 spiro atoms. The Kier molecular flexibility index (Phi) is 11.2. The molecule has 0 saturated heterocycles. The molecule has 1 N–H and O–H groups in total. The van der Waals surface area contributed by atoms with Crippen molar-refractivity contribution in [1.29, 1.82) is 0 Å². The third kappa shape index (κ3) is 70.4. The van der Waals surface area contributed by atoms with E-state index in [-0.39, 0.29) is 23.7 Å². The molecule has 84 valence electrons. The average molecular weight is 256 g/mol. The van der Waals surface area contributed by atoms with E-state index >= 15 is 0 Å². The third-order valence-corrected chi connectivity index (χ3v) is 0.771. The van der Waals surface area contributed by atoms with E-state index in [0.29, 0.717) is 0 Å². The Morgan fingerprint density at radius 3 is 1.46 bits per heavy atom. The van der Waals surface area contributed by atoms with Crippen LogP contribution in [0.2, 0.25) is 0 Å². The van der Waals surface area contributed by atoms with E-state index in [1.165, 1.54) is 0 Å². The van der Waals surface area contributed by atoms with Crippen molar-refractivity contribution in [2.24, 2.45) is 0 Å². The first-order chi connectivity index (χ1) is 5.06. The zero-order valence-corrected chi connectivity index (χ0v) is 9.62. The summed E-state index contributed by atoms with van der Waals surface area (Å²) in [6.45, 7) is 1.11. The van der Waals surface area contributed by atoms with Gasteiger partial charge in [0.15, 0.2) is 0 Å². The zero-order chi connectivity index (χ0) is 10.4. The molecular weight excluding hydrogens is 242 g/mol. The van der Waals surface area contributed by atoms with Gasteiger partial charge in [-0.05, 0) is 0 Å². The Bertz CT molecular complexity index is 189. The van der Waals surface area contributed by atoms with Crippen LogP contribution in [0.15, 0.2) is 0 Å². The van der Waals surface area contributed by atoms with E-state index in [1.807, 2.05) is 0 Å². The average Bonchev–Trinajstić information content (AvgIpc) is 1.54. The van der Waals surface area contributed by atoms with E-state index < -0.39 is 10.4 Å². The first-order valence-corrected chi connectivity index (χ1v) is 4.47. The van der Waals surface area contributed by atoms with Crippen LogP contribution in [0.3, 0.4) is 0 Å². The summed E-state index contributed by atoms with van der Waals surface area (Å²) in [6.07, 6.45) is 0. The molecule has 8 heteroatoms. The maximum absolute atomic E-state index is 8.52. The molecule has 0 rings (SSSR count). The zero-order valence-electron chi connectivity index (χ0n) is 7.70. The van der Waals surface area contributed by atoms with E-state index in [0.717, 1.165) is 11.0 Å². The number of quaternary nitrogens is 1. The van der Waals surface area contributed by atoms with E-state index in [9.17, 15) is 0 Å². The Hall–Kier alpha value is 0.309. The summed E-state index contributed by atoms with van der Waals surface area (Å²) in [5.74, 6) is 0. The molecule has 0 aromatic carbocycles. The van der Waals surface area contributed by atoms with Crippen LogP contribution in [0.25, 0.3) is 0 Å². The smallest absolute Gasteiger partial charge is 0.101 e. The molecule has 6 nitrogen and oxygen atoms in total. The number of hydrogen-bond acceptors (Lipinski definition) is 5. The minimum atomic E-state index is -5.17. The van der Waals surface area contributed by atoms with Gasteiger partial charge in [-0.2, -0.15) is 0 Å². The third-order valence-electron chi connectivity index (χ3n) is 0.771. The maximum atomic E-state index is 8.52. The van der Waals surface area contributed by atoms with E-state index in [2.05, 4.69) is 21.1 Å². The second-order valence-corrected chi connectivity index (χ2v) is 3.96. The topological polar surface area (TPSA) is 100 Å². The number of nitrogens with zero attached hydrogens (tertiary/aromatic N) is 1. The molecule has 0 atom stereocenters. The summed E-state index contributed by atoms with van der Waals surface area (Å²) in [6, 6.07) is 0. The van der Waals surface area contributed by atoms with Crippen molar-refractivity contribution in [3.8, 4) is 0 Å². The molecule has 0 aliphatic heterocycles. The van der Waals surface area contributed by atoms with Gasteiger partial charge in [-0.25, -0.2) is 0 Å². The van der Waals surface area contributed by atoms with Crippen LogP contribution >= 0.6 is 0 Å². The van der Waals surface area contributed by atoms with Crippen LogP contribution in [0.5, 0.6) is 0 Å². The van der Waals surface area contributed by atoms with Gasteiger partial charge in [0.25, 0.3) is 0 Å². The fourth-order valence-electron chi connectivity index (χ4n) is 0.300. The Balaban J connectivity index is -0.000000150. The molecule has 0 fully saturated rings. The first-order valence-electron chi connectivity index (χ1n) is 3.14. The van der Waals surface area contributed by atoms with E-state index in [1.54, 1.807) is 0 Å². The van der Waals surface area contributed by atoms with Crippen LogP contribution in [0.1, 0.15) is 0 Å². The van der Waals surface area contributed by atoms with Crippen molar-refractivity contribution in [2.75, 3.05) is 34.3 Å². The maximum Gasteiger partial charge on any atom is 0.101 e. The summed E-state index contributed by atoms with van der Waals surface area (Å²) < 4.78 is 34.9. The Labute approximate surface area is 89.2 Å². The second-order valence-electron chi connectivity index (χ2n) is 3.15. The van der Waals surface area contributed by atoms with Crippen LogP contribution < -0.4 is 0 Å². The molecule has 0 aliphatic rings. The molecule has 13 heavy (non-hydrogen) atoms. The predicted octanol–water partition coefficient (Wildman–Crippen LogP) is -1.66. The quantitative estimate of drug-likeness (QED) is 0.276. The number of aliphatic hydroxyl groups excluding tert-OH is 1. The molecule has 0 heterocycles. The molecule has 0 amide bonds. The molecule has 0 aliphatic carbocycles. The summed E-state index contributed by atoms with van der Waals surface area (Å²) in [7, 11) is 0.989. The standard InChI is InChI=1S/C5H14NO.Fe.H2O4S/c1-6(2,3)4-5-7;;1-5(2,3)4/h7H,4-5H2,1-3H3;;(H2,1,2,3,4)/q+1;;/p-2. The van der Waals surface area contributed by atoms with Gasteiger partial charge in [0.1, 0.15) is 6.54 Å². The predicted molar refractivity (Wildman–Crippen MR) is 40.5 cm³/mol. The largest absolute Gasteiger partial charge is 0.759 e. The summed E-state index contributed by atoms with van der Waals surface area (Å²) in [5.41, 5.74) is 0. The van der Waals surface area contributed by atoms with Crippen molar-refractivity contribution in [1.82, 2.24) is 0 Å². The van der Waals surface area contributed by atoms with Crippen molar-refractivity contribution < 1.29 is 44.2 Å². The first kappa shape index (κ1) is 19.0. The number of likely N-dealkylation sites (N-methyl/N-ethyl adjacent to an activating group) is 1. The molecule has 0 unspecified atom stereocenters. The summed E-state index contributed by atoms with van der Waals surface area (Å²) in [4.78, 5) is 0. The minimum Gasteiger partial charge on any atom is -0.759 e. The fourth-order valence-corrected chi connectivity index (χ4v) is 0.300. The van der Waals surface area contributed by atoms with Gasteiger partial charge in [0, 0.05) is 27.5 Å². The Morgan fingerprint density at radius 1 is 1.23 bits per heavy atom. The van der Waals surface area contributed by atoms with Crippen molar-refractivity contribution >= 4 is 10.4 Å². The number of hydrogen-bond donors (Lipinski definition) is 1.